The Kier molecular flexibility index (Phi) is 4.12. The Hall–Kier alpha value is -2.13. The third kappa shape index (κ3) is 2.98. The van der Waals surface area contributed by atoms with Crippen molar-refractivity contribution in [2.45, 2.75) is 39.3 Å². The second-order valence-corrected chi connectivity index (χ2v) is 7.50. The Labute approximate surface area is 148 Å². The van der Waals surface area contributed by atoms with Gasteiger partial charge in [-0.3, -0.25) is 0 Å². The second kappa shape index (κ2) is 6.30. The maximum Gasteiger partial charge on any atom is 0.123 e. The van der Waals surface area contributed by atoms with Gasteiger partial charge in [-0.15, -0.1) is 0 Å². The van der Waals surface area contributed by atoms with Gasteiger partial charge in [0.05, 0.1) is 0 Å². The van der Waals surface area contributed by atoms with E-state index in [1.54, 1.807) is 12.1 Å². The number of benzene rings is 2. The van der Waals surface area contributed by atoms with E-state index in [9.17, 15) is 4.39 Å². The smallest absolute Gasteiger partial charge is 0.123 e. The van der Waals surface area contributed by atoms with Gasteiger partial charge in [0.25, 0.3) is 0 Å². The topological polar surface area (TPSA) is 8.17 Å². The van der Waals surface area contributed by atoms with Crippen molar-refractivity contribution in [3.63, 3.8) is 0 Å². The van der Waals surface area contributed by atoms with Crippen LogP contribution in [-0.4, -0.2) is 23.1 Å². The van der Waals surface area contributed by atoms with E-state index in [1.165, 1.54) is 33.3 Å². The predicted octanol–water partition coefficient (Wildman–Crippen LogP) is 4.88. The van der Waals surface area contributed by atoms with Crippen LogP contribution in [0.1, 0.15) is 35.2 Å². The lowest BCUT2D eigenvalue weighted by atomic mass is 10.0. The standard InChI is InChI=1S/C22H25FN2/c1-15-4-9-21-19(12-15)20-14-24(3)11-10-22(20)25(21)13-16(2)17-5-7-18(23)8-6-17/h4-9,12,16H,10-11,13-14H2,1-3H3. The first-order valence-electron chi connectivity index (χ1n) is 9.07. The van der Waals surface area contributed by atoms with Crippen LogP contribution in [0.15, 0.2) is 42.5 Å². The molecule has 0 radical (unpaired) electrons. The van der Waals surface area contributed by atoms with Crippen molar-refractivity contribution in [2.75, 3.05) is 13.6 Å². The summed E-state index contributed by atoms with van der Waals surface area (Å²) in [5, 5.41) is 1.40. The van der Waals surface area contributed by atoms with Gasteiger partial charge in [-0.25, -0.2) is 4.39 Å². The zero-order valence-corrected chi connectivity index (χ0v) is 15.2. The van der Waals surface area contributed by atoms with E-state index in [0.717, 1.165) is 26.1 Å². The summed E-state index contributed by atoms with van der Waals surface area (Å²) in [6, 6.07) is 13.7. The molecule has 1 unspecified atom stereocenters. The molecule has 0 aliphatic carbocycles. The van der Waals surface area contributed by atoms with E-state index >= 15 is 0 Å². The van der Waals surface area contributed by atoms with Gasteiger partial charge >= 0.3 is 0 Å². The molecule has 3 heteroatoms. The summed E-state index contributed by atoms with van der Waals surface area (Å²) in [4.78, 5) is 2.40. The van der Waals surface area contributed by atoms with E-state index < -0.39 is 0 Å². The summed E-state index contributed by atoms with van der Waals surface area (Å²) < 4.78 is 15.7. The van der Waals surface area contributed by atoms with Crippen molar-refractivity contribution in [3.05, 3.63) is 70.7 Å². The first kappa shape index (κ1) is 16.3. The highest BCUT2D eigenvalue weighted by Gasteiger charge is 2.23. The lowest BCUT2D eigenvalue weighted by Crippen LogP contribution is -2.27. The van der Waals surface area contributed by atoms with Gasteiger partial charge in [-0.2, -0.15) is 0 Å². The maximum absolute atomic E-state index is 13.2. The summed E-state index contributed by atoms with van der Waals surface area (Å²) in [5.41, 5.74) is 6.80. The fourth-order valence-electron chi connectivity index (χ4n) is 4.08. The van der Waals surface area contributed by atoms with Gasteiger partial charge in [-0.1, -0.05) is 30.7 Å². The normalized spacial score (nSPS) is 16.2. The summed E-state index contributed by atoms with van der Waals surface area (Å²) >= 11 is 0. The number of hydrogen-bond acceptors (Lipinski definition) is 1. The highest BCUT2D eigenvalue weighted by Crippen LogP contribution is 2.33. The Morgan fingerprint density at radius 2 is 1.88 bits per heavy atom. The van der Waals surface area contributed by atoms with Crippen LogP contribution in [0.3, 0.4) is 0 Å². The molecule has 1 aliphatic heterocycles. The first-order chi connectivity index (χ1) is 12.0. The minimum absolute atomic E-state index is 0.168. The molecule has 0 fully saturated rings. The van der Waals surface area contributed by atoms with E-state index in [0.29, 0.717) is 5.92 Å². The van der Waals surface area contributed by atoms with Crippen LogP contribution >= 0.6 is 0 Å². The molecule has 0 saturated heterocycles. The Morgan fingerprint density at radius 1 is 1.12 bits per heavy atom. The molecule has 1 aliphatic rings. The van der Waals surface area contributed by atoms with Gasteiger partial charge in [0.2, 0.25) is 0 Å². The van der Waals surface area contributed by atoms with Gasteiger partial charge in [0.15, 0.2) is 0 Å². The third-order valence-corrected chi connectivity index (χ3v) is 5.50. The zero-order valence-electron chi connectivity index (χ0n) is 15.2. The lowest BCUT2D eigenvalue weighted by molar-refractivity contribution is 0.308. The molecule has 4 rings (SSSR count). The maximum atomic E-state index is 13.2. The molecule has 3 aromatic rings. The number of nitrogens with zero attached hydrogens (tertiary/aromatic N) is 2. The van der Waals surface area contributed by atoms with Crippen molar-refractivity contribution in [3.8, 4) is 0 Å². The van der Waals surface area contributed by atoms with Gasteiger partial charge in [0.1, 0.15) is 5.82 Å². The molecule has 0 saturated carbocycles. The summed E-state index contributed by atoms with van der Waals surface area (Å²) in [5.74, 6) is 0.180. The van der Waals surface area contributed by atoms with Crippen LogP contribution in [0.25, 0.3) is 10.9 Å². The van der Waals surface area contributed by atoms with Crippen LogP contribution < -0.4 is 0 Å². The average Bonchev–Trinajstić information content (AvgIpc) is 2.88. The van der Waals surface area contributed by atoms with Crippen molar-refractivity contribution in [1.29, 1.82) is 0 Å². The Balaban J connectivity index is 1.77. The zero-order chi connectivity index (χ0) is 17.6. The number of hydrogen-bond donors (Lipinski definition) is 0. The van der Waals surface area contributed by atoms with Gasteiger partial charge in [0, 0.05) is 42.7 Å². The monoisotopic (exact) mass is 336 g/mol. The minimum atomic E-state index is -0.168. The molecule has 0 amide bonds. The quantitative estimate of drug-likeness (QED) is 0.662. The van der Waals surface area contributed by atoms with E-state index in [-0.39, 0.29) is 5.82 Å². The third-order valence-electron chi connectivity index (χ3n) is 5.50. The number of fused-ring (bicyclic) bond motifs is 3. The van der Waals surface area contributed by atoms with Crippen LogP contribution in [-0.2, 0) is 19.5 Å². The summed E-state index contributed by atoms with van der Waals surface area (Å²) in [6.07, 6.45) is 1.09. The molecular formula is C22H25FN2. The van der Waals surface area contributed by atoms with Crippen molar-refractivity contribution in [1.82, 2.24) is 9.47 Å². The molecule has 130 valence electrons. The minimum Gasteiger partial charge on any atom is -0.344 e. The molecule has 0 spiro atoms. The van der Waals surface area contributed by atoms with Gasteiger partial charge < -0.3 is 9.47 Å². The van der Waals surface area contributed by atoms with E-state index in [2.05, 4.69) is 48.6 Å². The van der Waals surface area contributed by atoms with Gasteiger partial charge in [-0.05, 0) is 55.3 Å². The Bertz CT molecular complexity index is 908. The van der Waals surface area contributed by atoms with Crippen molar-refractivity contribution in [2.24, 2.45) is 0 Å². The van der Waals surface area contributed by atoms with E-state index in [1.807, 2.05) is 12.1 Å². The molecule has 0 N–H and O–H groups in total. The summed E-state index contributed by atoms with van der Waals surface area (Å²) in [6.45, 7) is 7.45. The molecule has 1 atom stereocenters. The number of halogens is 1. The predicted molar refractivity (Wildman–Crippen MR) is 102 cm³/mol. The van der Waals surface area contributed by atoms with Crippen molar-refractivity contribution >= 4 is 10.9 Å². The highest BCUT2D eigenvalue weighted by molar-refractivity contribution is 5.86. The average molecular weight is 336 g/mol. The lowest BCUT2D eigenvalue weighted by Gasteiger charge is -2.25. The molecule has 2 aromatic carbocycles. The molecular weight excluding hydrogens is 311 g/mol. The molecule has 2 nitrogen and oxygen atoms in total. The van der Waals surface area contributed by atoms with Crippen LogP contribution in [0, 0.1) is 12.7 Å². The second-order valence-electron chi connectivity index (χ2n) is 7.50. The largest absolute Gasteiger partial charge is 0.344 e. The summed E-state index contributed by atoms with van der Waals surface area (Å²) in [7, 11) is 2.20. The van der Waals surface area contributed by atoms with E-state index in [4.69, 9.17) is 0 Å². The fraction of sp³-hybridized carbons (Fsp3) is 0.364. The number of likely N-dealkylation sites (N-methyl/N-ethyl adjacent to an activating group) is 1. The van der Waals surface area contributed by atoms with Crippen LogP contribution in [0.2, 0.25) is 0 Å². The van der Waals surface area contributed by atoms with Crippen molar-refractivity contribution < 1.29 is 4.39 Å². The Morgan fingerprint density at radius 3 is 2.64 bits per heavy atom. The molecule has 1 aromatic heterocycles. The SMILES string of the molecule is Cc1ccc2c(c1)c1c(n2CC(C)c2ccc(F)cc2)CCN(C)C1. The first-order valence-corrected chi connectivity index (χ1v) is 9.07. The number of rotatable bonds is 3. The molecule has 25 heavy (non-hydrogen) atoms. The molecule has 0 bridgehead atoms. The number of aromatic nitrogens is 1. The van der Waals surface area contributed by atoms with Crippen LogP contribution in [0.4, 0.5) is 4.39 Å². The fourth-order valence-corrected chi connectivity index (χ4v) is 4.08. The molecule has 2 heterocycles. The highest BCUT2D eigenvalue weighted by atomic mass is 19.1. The number of aryl methyl sites for hydroxylation is 1. The van der Waals surface area contributed by atoms with Crippen LogP contribution in [0.5, 0.6) is 0 Å².